The number of rotatable bonds is 3. The quantitative estimate of drug-likeness (QED) is 0.835. The third-order valence-corrected chi connectivity index (χ3v) is 5.30. The summed E-state index contributed by atoms with van der Waals surface area (Å²) in [7, 11) is 0. The predicted octanol–water partition coefficient (Wildman–Crippen LogP) is 3.81. The van der Waals surface area contributed by atoms with E-state index in [9.17, 15) is 0 Å². The Morgan fingerprint density at radius 3 is 2.05 bits per heavy atom. The van der Waals surface area contributed by atoms with E-state index in [1.165, 1.54) is 58.0 Å². The fraction of sp³-hybridized carbons (Fsp3) is 1.00. The fourth-order valence-corrected chi connectivity index (χ4v) is 3.86. The van der Waals surface area contributed by atoms with Gasteiger partial charge in [0.1, 0.15) is 0 Å². The second-order valence-corrected chi connectivity index (χ2v) is 7.79. The smallest absolute Gasteiger partial charge is 0.0125 e. The van der Waals surface area contributed by atoms with Crippen molar-refractivity contribution in [3.05, 3.63) is 0 Å². The van der Waals surface area contributed by atoms with Crippen LogP contribution < -0.4 is 5.32 Å². The first-order valence-electron chi connectivity index (χ1n) is 8.48. The highest BCUT2D eigenvalue weighted by atomic mass is 15.2. The minimum absolute atomic E-state index is 0.347. The second-order valence-electron chi connectivity index (χ2n) is 7.79. The van der Waals surface area contributed by atoms with Crippen LogP contribution in [0.2, 0.25) is 0 Å². The monoisotopic (exact) mass is 266 g/mol. The molecule has 1 N–H and O–H groups in total. The third-order valence-electron chi connectivity index (χ3n) is 5.30. The molecular weight excluding hydrogens is 232 g/mol. The summed E-state index contributed by atoms with van der Waals surface area (Å²) in [4.78, 5) is 2.64. The van der Waals surface area contributed by atoms with Crippen molar-refractivity contribution in [1.82, 2.24) is 10.2 Å². The summed E-state index contributed by atoms with van der Waals surface area (Å²) >= 11 is 0. The highest BCUT2D eigenvalue weighted by molar-refractivity contribution is 4.87. The van der Waals surface area contributed by atoms with E-state index < -0.39 is 0 Å². The zero-order valence-electron chi connectivity index (χ0n) is 13.5. The van der Waals surface area contributed by atoms with Gasteiger partial charge in [-0.1, -0.05) is 19.3 Å². The van der Waals surface area contributed by atoms with Crippen molar-refractivity contribution in [2.75, 3.05) is 13.1 Å². The average Bonchev–Trinajstić information content (AvgIpc) is 2.39. The first-order chi connectivity index (χ1) is 8.97. The van der Waals surface area contributed by atoms with E-state index in [4.69, 9.17) is 0 Å². The summed E-state index contributed by atoms with van der Waals surface area (Å²) in [6.45, 7) is 12.0. The molecule has 1 aliphatic carbocycles. The maximum Gasteiger partial charge on any atom is 0.0125 e. The minimum Gasteiger partial charge on any atom is -0.311 e. The van der Waals surface area contributed by atoms with Gasteiger partial charge in [0.15, 0.2) is 0 Å². The Hall–Kier alpha value is -0.0800. The predicted molar refractivity (Wildman–Crippen MR) is 83.5 cm³/mol. The molecule has 2 nitrogen and oxygen atoms in total. The highest BCUT2D eigenvalue weighted by Crippen LogP contribution is 2.27. The van der Waals surface area contributed by atoms with Crippen LogP contribution in [0.3, 0.4) is 0 Å². The lowest BCUT2D eigenvalue weighted by molar-refractivity contribution is 0.0908. The molecule has 0 radical (unpaired) electrons. The van der Waals surface area contributed by atoms with E-state index in [-0.39, 0.29) is 0 Å². The van der Waals surface area contributed by atoms with Crippen LogP contribution in [-0.2, 0) is 0 Å². The standard InChI is InChI=1S/C17H34N2/c1-14(15-8-6-5-7-9-15)18-16-10-12-19(13-11-16)17(2,3)4/h14-16,18H,5-13H2,1-4H3. The lowest BCUT2D eigenvalue weighted by atomic mass is 9.84. The molecule has 1 saturated carbocycles. The van der Waals surface area contributed by atoms with Crippen molar-refractivity contribution >= 4 is 0 Å². The van der Waals surface area contributed by atoms with Gasteiger partial charge in [0.05, 0.1) is 0 Å². The number of nitrogens with one attached hydrogen (secondary N) is 1. The Labute approximate surface area is 120 Å². The van der Waals surface area contributed by atoms with Crippen LogP contribution in [0.5, 0.6) is 0 Å². The van der Waals surface area contributed by atoms with Crippen LogP contribution in [0, 0.1) is 5.92 Å². The molecule has 1 heterocycles. The zero-order chi connectivity index (χ0) is 13.9. The Bertz CT molecular complexity index is 255. The SMILES string of the molecule is CC(NC1CCN(C(C)(C)C)CC1)C1CCCCC1. The van der Waals surface area contributed by atoms with Gasteiger partial charge >= 0.3 is 0 Å². The van der Waals surface area contributed by atoms with Crippen LogP contribution in [0.1, 0.15) is 72.6 Å². The topological polar surface area (TPSA) is 15.3 Å². The first kappa shape index (κ1) is 15.3. The van der Waals surface area contributed by atoms with E-state index in [2.05, 4.69) is 37.9 Å². The summed E-state index contributed by atoms with van der Waals surface area (Å²) in [5.74, 6) is 0.939. The second kappa shape index (κ2) is 6.58. The van der Waals surface area contributed by atoms with Gasteiger partial charge < -0.3 is 5.32 Å². The lowest BCUT2D eigenvalue weighted by Gasteiger charge is -2.42. The molecule has 0 bridgehead atoms. The van der Waals surface area contributed by atoms with Crippen molar-refractivity contribution in [3.63, 3.8) is 0 Å². The molecule has 0 aromatic heterocycles. The molecule has 19 heavy (non-hydrogen) atoms. The van der Waals surface area contributed by atoms with Crippen LogP contribution in [0.15, 0.2) is 0 Å². The number of nitrogens with zero attached hydrogens (tertiary/aromatic N) is 1. The molecule has 1 atom stereocenters. The van der Waals surface area contributed by atoms with Crippen LogP contribution in [0.4, 0.5) is 0 Å². The van der Waals surface area contributed by atoms with E-state index in [0.717, 1.165) is 18.0 Å². The van der Waals surface area contributed by atoms with Gasteiger partial charge in [0, 0.05) is 30.7 Å². The van der Waals surface area contributed by atoms with Crippen molar-refractivity contribution in [2.45, 2.75) is 90.3 Å². The maximum atomic E-state index is 3.93. The molecule has 2 rings (SSSR count). The summed E-state index contributed by atoms with van der Waals surface area (Å²) < 4.78 is 0. The molecule has 2 aliphatic rings. The molecule has 0 spiro atoms. The molecular formula is C17H34N2. The molecule has 0 aromatic carbocycles. The van der Waals surface area contributed by atoms with Gasteiger partial charge in [-0.2, -0.15) is 0 Å². The number of likely N-dealkylation sites (tertiary alicyclic amines) is 1. The van der Waals surface area contributed by atoms with E-state index in [1.54, 1.807) is 0 Å². The Morgan fingerprint density at radius 1 is 0.947 bits per heavy atom. The van der Waals surface area contributed by atoms with Gasteiger partial charge in [0.25, 0.3) is 0 Å². The van der Waals surface area contributed by atoms with Gasteiger partial charge in [0.2, 0.25) is 0 Å². The maximum absolute atomic E-state index is 3.93. The summed E-state index contributed by atoms with van der Waals surface area (Å²) in [5.41, 5.74) is 0.347. The van der Waals surface area contributed by atoms with Crippen LogP contribution in [-0.4, -0.2) is 35.6 Å². The molecule has 0 amide bonds. The van der Waals surface area contributed by atoms with Crippen LogP contribution >= 0.6 is 0 Å². The molecule has 0 aromatic rings. The summed E-state index contributed by atoms with van der Waals surface area (Å²) in [6, 6.07) is 1.49. The van der Waals surface area contributed by atoms with Crippen LogP contribution in [0.25, 0.3) is 0 Å². The van der Waals surface area contributed by atoms with Gasteiger partial charge in [-0.25, -0.2) is 0 Å². The van der Waals surface area contributed by atoms with Gasteiger partial charge in [-0.05, 0) is 59.3 Å². The Balaban J connectivity index is 1.73. The van der Waals surface area contributed by atoms with Crippen molar-refractivity contribution < 1.29 is 0 Å². The average molecular weight is 266 g/mol. The third kappa shape index (κ3) is 4.46. The number of hydrogen-bond acceptors (Lipinski definition) is 2. The lowest BCUT2D eigenvalue weighted by Crippen LogP contribution is -2.52. The molecule has 2 heteroatoms. The highest BCUT2D eigenvalue weighted by Gasteiger charge is 2.28. The Kier molecular flexibility index (Phi) is 5.30. The Morgan fingerprint density at radius 2 is 1.53 bits per heavy atom. The summed E-state index contributed by atoms with van der Waals surface area (Å²) in [6.07, 6.45) is 9.94. The first-order valence-corrected chi connectivity index (χ1v) is 8.48. The number of hydrogen-bond donors (Lipinski definition) is 1. The van der Waals surface area contributed by atoms with Crippen molar-refractivity contribution in [1.29, 1.82) is 0 Å². The minimum atomic E-state index is 0.347. The zero-order valence-corrected chi connectivity index (χ0v) is 13.5. The molecule has 112 valence electrons. The largest absolute Gasteiger partial charge is 0.311 e. The molecule has 1 unspecified atom stereocenters. The normalized spacial score (nSPS) is 26.5. The van der Waals surface area contributed by atoms with E-state index in [1.807, 2.05) is 0 Å². The van der Waals surface area contributed by atoms with Gasteiger partial charge in [-0.3, -0.25) is 4.90 Å². The summed E-state index contributed by atoms with van der Waals surface area (Å²) in [5, 5.41) is 3.93. The molecule has 2 fully saturated rings. The van der Waals surface area contributed by atoms with Gasteiger partial charge in [-0.15, -0.1) is 0 Å². The van der Waals surface area contributed by atoms with E-state index >= 15 is 0 Å². The van der Waals surface area contributed by atoms with Crippen molar-refractivity contribution in [3.8, 4) is 0 Å². The fourth-order valence-electron chi connectivity index (χ4n) is 3.86. The van der Waals surface area contributed by atoms with Crippen molar-refractivity contribution in [2.24, 2.45) is 5.92 Å². The molecule has 1 aliphatic heterocycles. The van der Waals surface area contributed by atoms with E-state index in [0.29, 0.717) is 5.54 Å². The molecule has 1 saturated heterocycles. The number of piperidine rings is 1.